The zero-order chi connectivity index (χ0) is 27.3. The summed E-state index contributed by atoms with van der Waals surface area (Å²) in [6, 6.07) is 9.08. The van der Waals surface area contributed by atoms with Crippen LogP contribution in [0.25, 0.3) is 0 Å². The number of piperazine rings is 1. The van der Waals surface area contributed by atoms with E-state index in [4.69, 9.17) is 9.47 Å². The minimum Gasteiger partial charge on any atom is -0.454 e. The van der Waals surface area contributed by atoms with E-state index in [2.05, 4.69) is 10.2 Å². The predicted octanol–water partition coefficient (Wildman–Crippen LogP) is 2.44. The molecule has 4 aliphatic heterocycles. The van der Waals surface area contributed by atoms with Crippen LogP contribution < -0.4 is 19.7 Å². The molecule has 2 atom stereocenters. The topological polar surface area (TPSA) is 135 Å². The number of non-ortho nitro benzene ring substituents is 1. The van der Waals surface area contributed by atoms with Gasteiger partial charge < -0.3 is 14.4 Å². The molecule has 2 fully saturated rings. The molecule has 2 aromatic rings. The Hall–Kier alpha value is -4.19. The first-order chi connectivity index (χ1) is 18.8. The number of nitro groups is 1. The van der Waals surface area contributed by atoms with Crippen LogP contribution in [0.2, 0.25) is 0 Å². The molecule has 1 spiro atoms. The third-order valence-corrected chi connectivity index (χ3v) is 8.16. The summed E-state index contributed by atoms with van der Waals surface area (Å²) in [6.45, 7) is 4.45. The maximum absolute atomic E-state index is 14.1. The van der Waals surface area contributed by atoms with Crippen molar-refractivity contribution >= 4 is 29.2 Å². The maximum Gasteiger partial charge on any atom is 0.330 e. The van der Waals surface area contributed by atoms with Gasteiger partial charge in [-0.3, -0.25) is 34.8 Å². The van der Waals surface area contributed by atoms with E-state index in [1.807, 2.05) is 30.0 Å². The van der Waals surface area contributed by atoms with Gasteiger partial charge in [-0.05, 0) is 35.7 Å². The molecule has 0 aromatic heterocycles. The quantitative estimate of drug-likeness (QED) is 0.336. The number of carbonyl (C=O) groups excluding carboxylic acids is 3. The molecule has 204 valence electrons. The number of carbonyl (C=O) groups is 3. The largest absolute Gasteiger partial charge is 0.454 e. The van der Waals surface area contributed by atoms with Crippen molar-refractivity contribution in [3.05, 3.63) is 57.6 Å². The first-order valence-corrected chi connectivity index (χ1v) is 13.1. The molecule has 4 aliphatic rings. The predicted molar refractivity (Wildman–Crippen MR) is 138 cm³/mol. The van der Waals surface area contributed by atoms with Crippen LogP contribution in [0.4, 0.5) is 16.2 Å². The minimum absolute atomic E-state index is 0.0242. The van der Waals surface area contributed by atoms with E-state index >= 15 is 0 Å². The lowest BCUT2D eigenvalue weighted by Gasteiger charge is -2.55. The second kappa shape index (κ2) is 9.53. The van der Waals surface area contributed by atoms with Gasteiger partial charge in [0.1, 0.15) is 0 Å². The monoisotopic (exact) mass is 535 g/mol. The highest BCUT2D eigenvalue weighted by atomic mass is 16.7. The number of benzene rings is 2. The van der Waals surface area contributed by atoms with Gasteiger partial charge in [0.15, 0.2) is 16.9 Å². The first kappa shape index (κ1) is 25.1. The molecule has 39 heavy (non-hydrogen) atoms. The molecule has 2 aromatic carbocycles. The Morgan fingerprint density at radius 3 is 2.72 bits per heavy atom. The normalized spacial score (nSPS) is 24.0. The van der Waals surface area contributed by atoms with Gasteiger partial charge in [-0.1, -0.05) is 19.4 Å². The number of hydrogen-bond donors (Lipinski definition) is 1. The fourth-order valence-corrected chi connectivity index (χ4v) is 6.19. The SMILES string of the molecule is CCCCN1C(=O)NC(=O)[C@@]2(Cc3cc([N+](=O)[O-])ccc3N3CCN(Cc4ccc5c(c4)OCO5)C[C@H]32)C1=O. The number of hydrogen-bond acceptors (Lipinski definition) is 9. The van der Waals surface area contributed by atoms with Gasteiger partial charge in [-0.2, -0.15) is 0 Å². The van der Waals surface area contributed by atoms with Crippen molar-refractivity contribution in [3.8, 4) is 11.5 Å². The van der Waals surface area contributed by atoms with E-state index in [1.54, 1.807) is 6.07 Å². The maximum atomic E-state index is 14.1. The van der Waals surface area contributed by atoms with E-state index in [1.165, 1.54) is 12.1 Å². The Labute approximate surface area is 224 Å². The Kier molecular flexibility index (Phi) is 6.13. The average molecular weight is 536 g/mol. The van der Waals surface area contributed by atoms with Crippen molar-refractivity contribution in [1.29, 1.82) is 0 Å². The molecular formula is C27H29N5O7. The van der Waals surface area contributed by atoms with E-state index in [9.17, 15) is 24.5 Å². The lowest BCUT2D eigenvalue weighted by Crippen LogP contribution is -2.75. The number of ether oxygens (including phenoxy) is 2. The molecule has 4 amide bonds. The summed E-state index contributed by atoms with van der Waals surface area (Å²) in [5.74, 6) is 0.189. The lowest BCUT2D eigenvalue weighted by atomic mass is 9.67. The van der Waals surface area contributed by atoms with Gasteiger partial charge in [0.25, 0.3) is 5.69 Å². The second-order valence-corrected chi connectivity index (χ2v) is 10.4. The van der Waals surface area contributed by atoms with Crippen LogP contribution in [0.1, 0.15) is 30.9 Å². The van der Waals surface area contributed by atoms with Crippen molar-refractivity contribution < 1.29 is 28.8 Å². The van der Waals surface area contributed by atoms with Crippen LogP contribution in [0.5, 0.6) is 11.5 Å². The number of anilines is 1. The molecule has 2 saturated heterocycles. The third-order valence-electron chi connectivity index (χ3n) is 8.16. The number of nitrogens with one attached hydrogen (secondary N) is 1. The van der Waals surface area contributed by atoms with E-state index in [0.717, 1.165) is 22.6 Å². The van der Waals surface area contributed by atoms with Crippen LogP contribution in [0, 0.1) is 15.5 Å². The lowest BCUT2D eigenvalue weighted by molar-refractivity contribution is -0.384. The van der Waals surface area contributed by atoms with Crippen molar-refractivity contribution in [2.45, 2.75) is 38.8 Å². The third kappa shape index (κ3) is 4.06. The second-order valence-electron chi connectivity index (χ2n) is 10.4. The highest BCUT2D eigenvalue weighted by molar-refractivity contribution is 6.20. The molecular weight excluding hydrogens is 506 g/mol. The number of rotatable bonds is 6. The fourth-order valence-electron chi connectivity index (χ4n) is 6.19. The van der Waals surface area contributed by atoms with Gasteiger partial charge in [0, 0.05) is 57.0 Å². The van der Waals surface area contributed by atoms with Crippen molar-refractivity contribution in [2.24, 2.45) is 5.41 Å². The number of amides is 4. The van der Waals surface area contributed by atoms with Gasteiger partial charge in [-0.15, -0.1) is 0 Å². The summed E-state index contributed by atoms with van der Waals surface area (Å²) in [5, 5.41) is 14.0. The molecule has 12 heteroatoms. The zero-order valence-electron chi connectivity index (χ0n) is 21.6. The fraction of sp³-hybridized carbons (Fsp3) is 0.444. The Morgan fingerprint density at radius 2 is 1.92 bits per heavy atom. The molecule has 0 aliphatic carbocycles. The standard InChI is InChI=1S/C27H29N5O7/c1-2-3-8-31-25(34)27(24(33)28-26(31)35)13-18-12-19(32(36)37)5-6-20(18)30-10-9-29(15-23(27)30)14-17-4-7-21-22(11-17)39-16-38-21/h4-7,11-12,23H,2-3,8-10,13-16H2,1H3,(H,28,33,35)/t23-,27-/m0/s1. The molecule has 4 heterocycles. The number of nitrogens with zero attached hydrogens (tertiary/aromatic N) is 4. The van der Waals surface area contributed by atoms with E-state index in [0.29, 0.717) is 49.7 Å². The van der Waals surface area contributed by atoms with E-state index < -0.39 is 34.2 Å². The van der Waals surface area contributed by atoms with Gasteiger partial charge in [-0.25, -0.2) is 4.79 Å². The summed E-state index contributed by atoms with van der Waals surface area (Å²) in [6.07, 6.45) is 1.35. The van der Waals surface area contributed by atoms with Gasteiger partial charge in [0.2, 0.25) is 18.6 Å². The number of unbranched alkanes of at least 4 members (excludes halogenated alkanes) is 1. The van der Waals surface area contributed by atoms with Crippen molar-refractivity contribution in [2.75, 3.05) is 37.9 Å². The first-order valence-electron chi connectivity index (χ1n) is 13.1. The molecule has 0 saturated carbocycles. The van der Waals surface area contributed by atoms with Crippen molar-refractivity contribution in [1.82, 2.24) is 15.1 Å². The van der Waals surface area contributed by atoms with Gasteiger partial charge >= 0.3 is 6.03 Å². The van der Waals surface area contributed by atoms with Crippen molar-refractivity contribution in [3.63, 3.8) is 0 Å². The molecule has 0 unspecified atom stereocenters. The summed E-state index contributed by atoms with van der Waals surface area (Å²) in [7, 11) is 0. The smallest absolute Gasteiger partial charge is 0.330 e. The molecule has 0 bridgehead atoms. The summed E-state index contributed by atoms with van der Waals surface area (Å²) >= 11 is 0. The minimum atomic E-state index is -1.60. The van der Waals surface area contributed by atoms with Crippen LogP contribution in [-0.4, -0.2) is 71.6 Å². The number of barbiturate groups is 1. The zero-order valence-corrected chi connectivity index (χ0v) is 21.6. The number of fused-ring (bicyclic) bond motifs is 5. The highest BCUT2D eigenvalue weighted by Crippen LogP contribution is 2.47. The number of imide groups is 2. The summed E-state index contributed by atoms with van der Waals surface area (Å²) in [4.78, 5) is 57.0. The molecule has 6 rings (SSSR count). The molecule has 0 radical (unpaired) electrons. The van der Waals surface area contributed by atoms with Crippen LogP contribution >= 0.6 is 0 Å². The van der Waals surface area contributed by atoms with Crippen LogP contribution in [-0.2, 0) is 22.6 Å². The molecule has 1 N–H and O–H groups in total. The molecule has 12 nitrogen and oxygen atoms in total. The van der Waals surface area contributed by atoms with Crippen LogP contribution in [0.15, 0.2) is 36.4 Å². The number of urea groups is 1. The number of nitro benzene ring substituents is 1. The average Bonchev–Trinajstić information content (AvgIpc) is 3.39. The van der Waals surface area contributed by atoms with E-state index in [-0.39, 0.29) is 25.4 Å². The highest BCUT2D eigenvalue weighted by Gasteiger charge is 2.62. The Balaban J connectivity index is 1.38. The Bertz CT molecular complexity index is 1380. The summed E-state index contributed by atoms with van der Waals surface area (Å²) < 4.78 is 10.9. The Morgan fingerprint density at radius 1 is 1.10 bits per heavy atom. The van der Waals surface area contributed by atoms with Crippen LogP contribution in [0.3, 0.4) is 0 Å². The summed E-state index contributed by atoms with van der Waals surface area (Å²) in [5.41, 5.74) is 0.630. The van der Waals surface area contributed by atoms with Gasteiger partial charge in [0.05, 0.1) is 11.0 Å².